The Labute approximate surface area is 73.2 Å². The van der Waals surface area contributed by atoms with Crippen LogP contribution in [0.2, 0.25) is 5.82 Å². The zero-order valence-corrected chi connectivity index (χ0v) is 8.43. The summed E-state index contributed by atoms with van der Waals surface area (Å²) in [5, 5.41) is 0. The first-order valence-electron chi connectivity index (χ1n) is 4.85. The second-order valence-corrected chi connectivity index (χ2v) is 3.91. The van der Waals surface area contributed by atoms with Gasteiger partial charge in [0, 0.05) is 0 Å². The van der Waals surface area contributed by atoms with E-state index in [0.717, 1.165) is 11.8 Å². The van der Waals surface area contributed by atoms with E-state index < -0.39 is 0 Å². The molecule has 2 radical (unpaired) electrons. The molecule has 0 saturated carbocycles. The molecule has 0 spiro atoms. The minimum Gasteiger partial charge on any atom is -0.0771 e. The second-order valence-electron chi connectivity index (χ2n) is 3.91. The summed E-state index contributed by atoms with van der Waals surface area (Å²) in [6.45, 7) is 8.90. The van der Waals surface area contributed by atoms with Gasteiger partial charge < -0.3 is 0 Å². The molecular weight excluding hydrogens is 131 g/mol. The molecule has 0 aromatic carbocycles. The molecule has 64 valence electrons. The average molecular weight is 152 g/mol. The van der Waals surface area contributed by atoms with Crippen LogP contribution in [0.1, 0.15) is 47.0 Å². The van der Waals surface area contributed by atoms with Crippen molar-refractivity contribution in [3.8, 4) is 0 Å². The van der Waals surface area contributed by atoms with E-state index >= 15 is 0 Å². The minimum absolute atomic E-state index is 0.363. The van der Waals surface area contributed by atoms with E-state index in [1.165, 1.54) is 19.3 Å². The van der Waals surface area contributed by atoms with Crippen LogP contribution in [-0.4, -0.2) is 7.85 Å². The molecular formula is C10H21B. The van der Waals surface area contributed by atoms with E-state index in [-0.39, 0.29) is 0 Å². The van der Waals surface area contributed by atoms with Gasteiger partial charge in [0.1, 0.15) is 0 Å². The summed E-state index contributed by atoms with van der Waals surface area (Å²) in [5.41, 5.74) is 0. The van der Waals surface area contributed by atoms with Gasteiger partial charge in [-0.15, -0.1) is 0 Å². The van der Waals surface area contributed by atoms with Crippen molar-refractivity contribution in [2.45, 2.75) is 52.8 Å². The van der Waals surface area contributed by atoms with Crippen molar-refractivity contribution >= 4 is 7.85 Å². The highest BCUT2D eigenvalue weighted by atomic mass is 14.2. The molecule has 0 saturated heterocycles. The van der Waals surface area contributed by atoms with E-state index in [1.54, 1.807) is 0 Å². The van der Waals surface area contributed by atoms with Crippen molar-refractivity contribution in [3.05, 3.63) is 0 Å². The molecule has 0 aliphatic carbocycles. The van der Waals surface area contributed by atoms with Crippen LogP contribution < -0.4 is 0 Å². The number of unbranched alkanes of at least 4 members (excludes halogenated alkanes) is 1. The zero-order chi connectivity index (χ0) is 8.85. The third-order valence-electron chi connectivity index (χ3n) is 2.42. The maximum Gasteiger partial charge on any atom is 0.0699 e. The third kappa shape index (κ3) is 4.50. The van der Waals surface area contributed by atoms with Crippen LogP contribution in [0, 0.1) is 11.8 Å². The molecule has 1 heteroatoms. The molecule has 0 aliphatic rings. The predicted octanol–water partition coefficient (Wildman–Crippen LogP) is 3.43. The van der Waals surface area contributed by atoms with Crippen molar-refractivity contribution in [1.29, 1.82) is 0 Å². The Morgan fingerprint density at radius 1 is 1.18 bits per heavy atom. The van der Waals surface area contributed by atoms with E-state index in [2.05, 4.69) is 27.7 Å². The first-order valence-corrected chi connectivity index (χ1v) is 4.85. The van der Waals surface area contributed by atoms with Crippen LogP contribution in [-0.2, 0) is 0 Å². The lowest BCUT2D eigenvalue weighted by Gasteiger charge is -2.24. The molecule has 0 N–H and O–H groups in total. The summed E-state index contributed by atoms with van der Waals surface area (Å²) < 4.78 is 0. The lowest BCUT2D eigenvalue weighted by atomic mass is 9.71. The quantitative estimate of drug-likeness (QED) is 0.529. The zero-order valence-electron chi connectivity index (χ0n) is 8.43. The summed E-state index contributed by atoms with van der Waals surface area (Å²) in [7, 11) is 5.88. The lowest BCUT2D eigenvalue weighted by Crippen LogP contribution is -2.13. The highest BCUT2D eigenvalue weighted by molar-refractivity contribution is 6.11. The van der Waals surface area contributed by atoms with Crippen molar-refractivity contribution in [3.63, 3.8) is 0 Å². The maximum atomic E-state index is 5.88. The van der Waals surface area contributed by atoms with E-state index in [9.17, 15) is 0 Å². The van der Waals surface area contributed by atoms with Gasteiger partial charge in [-0.3, -0.25) is 0 Å². The number of hydrogen-bond donors (Lipinski definition) is 0. The van der Waals surface area contributed by atoms with Crippen LogP contribution in [0.4, 0.5) is 0 Å². The van der Waals surface area contributed by atoms with Crippen molar-refractivity contribution in [2.24, 2.45) is 11.8 Å². The van der Waals surface area contributed by atoms with Gasteiger partial charge in [-0.1, -0.05) is 52.8 Å². The van der Waals surface area contributed by atoms with Gasteiger partial charge in [0.25, 0.3) is 0 Å². The molecule has 0 heterocycles. The molecule has 0 rings (SSSR count). The van der Waals surface area contributed by atoms with Gasteiger partial charge in [-0.05, 0) is 11.8 Å². The van der Waals surface area contributed by atoms with E-state index in [0.29, 0.717) is 5.82 Å². The fourth-order valence-electron chi connectivity index (χ4n) is 1.64. The van der Waals surface area contributed by atoms with Crippen LogP contribution in [0.25, 0.3) is 0 Å². The van der Waals surface area contributed by atoms with Crippen molar-refractivity contribution in [1.82, 2.24) is 0 Å². The Bertz CT molecular complexity index is 78.9. The van der Waals surface area contributed by atoms with Gasteiger partial charge in [0.15, 0.2) is 0 Å². The standard InChI is InChI=1S/C10H21B/c1-5-6-7-10(8(2)3)9(4)11/h8-10H,5-7H2,1-4H3. The molecule has 2 atom stereocenters. The molecule has 0 amide bonds. The molecule has 0 fully saturated rings. The van der Waals surface area contributed by atoms with Crippen LogP contribution in [0.5, 0.6) is 0 Å². The SMILES string of the molecule is [B]C(C)C(CCCC)C(C)C. The summed E-state index contributed by atoms with van der Waals surface area (Å²) in [4.78, 5) is 0. The van der Waals surface area contributed by atoms with Gasteiger partial charge >= 0.3 is 0 Å². The molecule has 0 bridgehead atoms. The summed E-state index contributed by atoms with van der Waals surface area (Å²) >= 11 is 0. The summed E-state index contributed by atoms with van der Waals surface area (Å²) in [6.07, 6.45) is 3.91. The summed E-state index contributed by atoms with van der Waals surface area (Å²) in [5.74, 6) is 1.82. The topological polar surface area (TPSA) is 0 Å². The largest absolute Gasteiger partial charge is 0.0771 e. The Balaban J connectivity index is 3.70. The van der Waals surface area contributed by atoms with E-state index in [1.807, 2.05) is 0 Å². The fraction of sp³-hybridized carbons (Fsp3) is 1.00. The Hall–Kier alpha value is 0.0649. The van der Waals surface area contributed by atoms with Crippen LogP contribution in [0.15, 0.2) is 0 Å². The number of rotatable bonds is 5. The lowest BCUT2D eigenvalue weighted by molar-refractivity contribution is 0.340. The van der Waals surface area contributed by atoms with Gasteiger partial charge in [0.2, 0.25) is 0 Å². The summed E-state index contributed by atoms with van der Waals surface area (Å²) in [6, 6.07) is 0. The normalized spacial score (nSPS) is 16.8. The first-order chi connectivity index (χ1) is 5.09. The average Bonchev–Trinajstić information content (AvgIpc) is 1.87. The molecule has 0 aromatic heterocycles. The highest BCUT2D eigenvalue weighted by Crippen LogP contribution is 2.27. The van der Waals surface area contributed by atoms with Crippen LogP contribution >= 0.6 is 0 Å². The smallest absolute Gasteiger partial charge is 0.0699 e. The Morgan fingerprint density at radius 2 is 1.73 bits per heavy atom. The van der Waals surface area contributed by atoms with Gasteiger partial charge in [-0.2, -0.15) is 0 Å². The third-order valence-corrected chi connectivity index (χ3v) is 2.42. The molecule has 0 aliphatic heterocycles. The molecule has 2 unspecified atom stereocenters. The maximum absolute atomic E-state index is 5.88. The minimum atomic E-state index is 0.363. The molecule has 11 heavy (non-hydrogen) atoms. The van der Waals surface area contributed by atoms with Gasteiger partial charge in [0.05, 0.1) is 7.85 Å². The number of hydrogen-bond acceptors (Lipinski definition) is 0. The fourth-order valence-corrected chi connectivity index (χ4v) is 1.64. The van der Waals surface area contributed by atoms with Crippen LogP contribution in [0.3, 0.4) is 0 Å². The molecule has 0 nitrogen and oxygen atoms in total. The highest BCUT2D eigenvalue weighted by Gasteiger charge is 2.15. The first kappa shape index (κ1) is 11.1. The van der Waals surface area contributed by atoms with Crippen molar-refractivity contribution < 1.29 is 0 Å². The second kappa shape index (κ2) is 5.68. The predicted molar refractivity (Wildman–Crippen MR) is 53.0 cm³/mol. The van der Waals surface area contributed by atoms with E-state index in [4.69, 9.17) is 7.85 Å². The van der Waals surface area contributed by atoms with Crippen molar-refractivity contribution in [2.75, 3.05) is 0 Å². The Morgan fingerprint density at radius 3 is 2.00 bits per heavy atom. The molecule has 0 aromatic rings. The van der Waals surface area contributed by atoms with Gasteiger partial charge in [-0.25, -0.2) is 0 Å². The monoisotopic (exact) mass is 152 g/mol. The Kier molecular flexibility index (Phi) is 5.72.